The number of hydrogen-bond acceptors (Lipinski definition) is 6. The van der Waals surface area contributed by atoms with E-state index in [2.05, 4.69) is 0 Å². The molecule has 25 heavy (non-hydrogen) atoms. The number of nitrogens with two attached hydrogens (primary N) is 1. The van der Waals surface area contributed by atoms with Gasteiger partial charge in [0.25, 0.3) is 0 Å². The molecule has 0 fully saturated rings. The van der Waals surface area contributed by atoms with Crippen molar-refractivity contribution in [1.29, 1.82) is 0 Å². The van der Waals surface area contributed by atoms with E-state index in [0.717, 1.165) is 15.7 Å². The van der Waals surface area contributed by atoms with Crippen LogP contribution < -0.4 is 10.5 Å². The molecule has 6 nitrogen and oxygen atoms in total. The second-order valence-corrected chi connectivity index (χ2v) is 8.06. The zero-order chi connectivity index (χ0) is 17.7. The second-order valence-electron chi connectivity index (χ2n) is 4.83. The van der Waals surface area contributed by atoms with E-state index >= 15 is 0 Å². The molecule has 9 heteroatoms. The summed E-state index contributed by atoms with van der Waals surface area (Å²) in [7, 11) is -2.61. The number of carbonyl (C=O) groups excluding carboxylic acids is 1. The first kappa shape index (κ1) is 21.5. The van der Waals surface area contributed by atoms with Crippen molar-refractivity contribution < 1.29 is 17.9 Å². The van der Waals surface area contributed by atoms with Gasteiger partial charge < -0.3 is 10.5 Å². The van der Waals surface area contributed by atoms with Gasteiger partial charge in [0.1, 0.15) is 11.5 Å². The Labute approximate surface area is 157 Å². The smallest absolute Gasteiger partial charge is 0.246 e. The van der Waals surface area contributed by atoms with Crippen LogP contribution in [0.2, 0.25) is 0 Å². The standard InChI is InChI=1S/C16H18N2O4S2.ClH/c1-18(23-2)24(20,21)16(17)15(19)13-10-6-7-11-14(13)22-12-8-4-3-5-9-12;/h3-11,16H,17H2,1-2H3;1H. The molecule has 0 aliphatic heterocycles. The number of ether oxygens (including phenoxy) is 1. The molecule has 0 amide bonds. The van der Waals surface area contributed by atoms with E-state index in [1.807, 2.05) is 6.07 Å². The van der Waals surface area contributed by atoms with Crippen LogP contribution in [0.15, 0.2) is 54.6 Å². The van der Waals surface area contributed by atoms with Gasteiger partial charge in [-0.3, -0.25) is 4.79 Å². The Hall–Kier alpha value is -1.58. The summed E-state index contributed by atoms with van der Waals surface area (Å²) in [6.07, 6.45) is 1.58. The van der Waals surface area contributed by atoms with Crippen LogP contribution in [-0.4, -0.2) is 36.6 Å². The lowest BCUT2D eigenvalue weighted by atomic mass is 10.1. The molecule has 2 aromatic carbocycles. The van der Waals surface area contributed by atoms with E-state index in [9.17, 15) is 13.2 Å². The van der Waals surface area contributed by atoms with Crippen molar-refractivity contribution in [2.24, 2.45) is 5.73 Å². The zero-order valence-corrected chi connectivity index (χ0v) is 16.1. The Kier molecular flexibility index (Phi) is 7.91. The van der Waals surface area contributed by atoms with Gasteiger partial charge in [-0.1, -0.05) is 42.3 Å². The van der Waals surface area contributed by atoms with Crippen molar-refractivity contribution in [3.8, 4) is 11.5 Å². The van der Waals surface area contributed by atoms with Gasteiger partial charge in [0.2, 0.25) is 10.0 Å². The molecular weight excluding hydrogens is 384 g/mol. The number of rotatable bonds is 7. The number of carbonyl (C=O) groups is 1. The van der Waals surface area contributed by atoms with Crippen LogP contribution >= 0.6 is 24.4 Å². The monoisotopic (exact) mass is 402 g/mol. The molecule has 0 heterocycles. The number of benzene rings is 2. The quantitative estimate of drug-likeness (QED) is 0.565. The SMILES string of the molecule is CSN(C)S(=O)(=O)C(N)C(=O)c1ccccc1Oc1ccccc1.Cl. The summed E-state index contributed by atoms with van der Waals surface area (Å²) in [5.74, 6) is 0.0731. The number of sulfonamides is 1. The normalized spacial score (nSPS) is 12.3. The first-order chi connectivity index (χ1) is 11.4. The summed E-state index contributed by atoms with van der Waals surface area (Å²) >= 11 is 0.961. The van der Waals surface area contributed by atoms with Gasteiger partial charge in [-0.2, -0.15) is 0 Å². The average molecular weight is 403 g/mol. The molecule has 0 saturated carbocycles. The largest absolute Gasteiger partial charge is 0.457 e. The maximum absolute atomic E-state index is 12.6. The molecule has 0 bridgehead atoms. The highest BCUT2D eigenvalue weighted by atomic mass is 35.5. The molecule has 136 valence electrons. The van der Waals surface area contributed by atoms with E-state index < -0.39 is 21.2 Å². The first-order valence-electron chi connectivity index (χ1n) is 7.01. The summed E-state index contributed by atoms with van der Waals surface area (Å²) in [5.41, 5.74) is 5.84. The average Bonchev–Trinajstić information content (AvgIpc) is 2.61. The first-order valence-corrected chi connectivity index (χ1v) is 9.70. The van der Waals surface area contributed by atoms with Crippen molar-refractivity contribution in [2.75, 3.05) is 13.3 Å². The summed E-state index contributed by atoms with van der Waals surface area (Å²) < 4.78 is 31.2. The van der Waals surface area contributed by atoms with E-state index in [4.69, 9.17) is 10.5 Å². The molecule has 0 spiro atoms. The van der Waals surface area contributed by atoms with Gasteiger partial charge in [-0.05, 0) is 30.5 Å². The van der Waals surface area contributed by atoms with Crippen molar-refractivity contribution in [3.05, 3.63) is 60.2 Å². The predicted molar refractivity (Wildman–Crippen MR) is 103 cm³/mol. The number of Topliss-reactive ketones (excluding diaryl/α,β-unsaturated/α-hetero) is 1. The van der Waals surface area contributed by atoms with Gasteiger partial charge in [-0.15, -0.1) is 16.1 Å². The van der Waals surface area contributed by atoms with E-state index in [1.54, 1.807) is 48.7 Å². The van der Waals surface area contributed by atoms with Crippen molar-refractivity contribution >= 4 is 40.2 Å². The summed E-state index contributed by atoms with van der Waals surface area (Å²) in [6.45, 7) is 0. The molecule has 2 rings (SSSR count). The number of nitrogens with zero attached hydrogens (tertiary/aromatic N) is 1. The molecular formula is C16H19ClN2O4S2. The Balaban J connectivity index is 0.00000312. The summed E-state index contributed by atoms with van der Waals surface area (Å²) in [4.78, 5) is 12.6. The second kappa shape index (κ2) is 9.21. The molecule has 0 saturated heterocycles. The van der Waals surface area contributed by atoms with E-state index in [-0.39, 0.29) is 23.7 Å². The number of para-hydroxylation sites is 2. The van der Waals surface area contributed by atoms with Crippen LogP contribution in [0.3, 0.4) is 0 Å². The molecule has 0 aromatic heterocycles. The highest BCUT2D eigenvalue weighted by molar-refractivity contribution is 8.08. The van der Waals surface area contributed by atoms with Crippen molar-refractivity contribution in [3.63, 3.8) is 0 Å². The number of halogens is 1. The Morgan fingerprint density at radius 2 is 1.68 bits per heavy atom. The molecule has 2 N–H and O–H groups in total. The van der Waals surface area contributed by atoms with Gasteiger partial charge in [0.05, 0.1) is 5.56 Å². The topological polar surface area (TPSA) is 89.7 Å². The fourth-order valence-corrected chi connectivity index (χ4v) is 3.75. The van der Waals surface area contributed by atoms with E-state index in [1.165, 1.54) is 13.1 Å². The molecule has 0 radical (unpaired) electrons. The molecule has 0 aliphatic carbocycles. The fraction of sp³-hybridized carbons (Fsp3) is 0.188. The lowest BCUT2D eigenvalue weighted by Crippen LogP contribution is -2.44. The summed E-state index contributed by atoms with van der Waals surface area (Å²) in [5, 5.41) is -1.70. The van der Waals surface area contributed by atoms with Gasteiger partial charge in [0.15, 0.2) is 11.2 Å². The van der Waals surface area contributed by atoms with Gasteiger partial charge >= 0.3 is 0 Å². The minimum atomic E-state index is -3.96. The maximum Gasteiger partial charge on any atom is 0.246 e. The molecule has 0 aliphatic rings. The van der Waals surface area contributed by atoms with Gasteiger partial charge in [-0.25, -0.2) is 8.42 Å². The fourth-order valence-electron chi connectivity index (χ4n) is 1.93. The van der Waals surface area contributed by atoms with Crippen LogP contribution in [0, 0.1) is 0 Å². The molecule has 2 aromatic rings. The van der Waals surface area contributed by atoms with Gasteiger partial charge in [0, 0.05) is 7.05 Å². The third-order valence-electron chi connectivity index (χ3n) is 3.32. The van der Waals surface area contributed by atoms with Crippen molar-refractivity contribution in [1.82, 2.24) is 3.71 Å². The minimum Gasteiger partial charge on any atom is -0.457 e. The number of hydrogen-bond donors (Lipinski definition) is 1. The summed E-state index contributed by atoms with van der Waals surface area (Å²) in [6, 6.07) is 15.3. The highest BCUT2D eigenvalue weighted by Gasteiger charge is 2.34. The Morgan fingerprint density at radius 3 is 2.28 bits per heavy atom. The minimum absolute atomic E-state index is 0. The third kappa shape index (κ3) is 4.96. The van der Waals surface area contributed by atoms with Crippen LogP contribution in [0.25, 0.3) is 0 Å². The third-order valence-corrected chi connectivity index (χ3v) is 6.48. The molecule has 1 unspecified atom stereocenters. The predicted octanol–water partition coefficient (Wildman–Crippen LogP) is 2.91. The van der Waals surface area contributed by atoms with E-state index in [0.29, 0.717) is 5.75 Å². The Morgan fingerprint density at radius 1 is 1.12 bits per heavy atom. The van der Waals surface area contributed by atoms with Crippen LogP contribution in [0.4, 0.5) is 0 Å². The van der Waals surface area contributed by atoms with Crippen LogP contribution in [-0.2, 0) is 10.0 Å². The van der Waals surface area contributed by atoms with Crippen molar-refractivity contribution in [2.45, 2.75) is 5.37 Å². The number of ketones is 1. The zero-order valence-electron chi connectivity index (χ0n) is 13.7. The molecule has 1 atom stereocenters. The lowest BCUT2D eigenvalue weighted by Gasteiger charge is -2.19. The Bertz CT molecular complexity index is 816. The maximum atomic E-state index is 12.6. The highest BCUT2D eigenvalue weighted by Crippen LogP contribution is 2.27. The van der Waals surface area contributed by atoms with Crippen LogP contribution in [0.1, 0.15) is 10.4 Å². The lowest BCUT2D eigenvalue weighted by molar-refractivity contribution is 0.0985. The van der Waals surface area contributed by atoms with Crippen LogP contribution in [0.5, 0.6) is 11.5 Å².